The first-order valence-electron chi connectivity index (χ1n) is 7.06. The molecule has 5 nitrogen and oxygen atoms in total. The van der Waals surface area contributed by atoms with Crippen molar-refractivity contribution in [2.45, 2.75) is 55.6 Å². The molecular formula is C14H22O5Se. The van der Waals surface area contributed by atoms with Crippen LogP contribution in [0.25, 0.3) is 0 Å². The van der Waals surface area contributed by atoms with Gasteiger partial charge in [0.2, 0.25) is 0 Å². The minimum absolute atomic E-state index is 0.0668. The third-order valence-corrected chi connectivity index (χ3v) is 6.10. The SMILES string of the molecule is CCOC(=O)CC([Se]C1CCCC(=O)C1)C(=O)OCC. The molecule has 0 saturated heterocycles. The van der Waals surface area contributed by atoms with Crippen LogP contribution in [0.5, 0.6) is 0 Å². The number of rotatable bonds is 7. The van der Waals surface area contributed by atoms with Gasteiger partial charge < -0.3 is 0 Å². The van der Waals surface area contributed by atoms with Gasteiger partial charge in [0.1, 0.15) is 0 Å². The number of carbonyl (C=O) groups excluding carboxylic acids is 3. The number of esters is 2. The quantitative estimate of drug-likeness (QED) is 0.519. The summed E-state index contributed by atoms with van der Waals surface area (Å²) in [5.41, 5.74) is 0. The summed E-state index contributed by atoms with van der Waals surface area (Å²) in [5.74, 6) is -0.435. The second-order valence-corrected chi connectivity index (χ2v) is 7.81. The molecule has 1 rings (SSSR count). The number of ketones is 1. The minimum atomic E-state index is -0.433. The Balaban J connectivity index is 2.58. The van der Waals surface area contributed by atoms with E-state index in [-0.39, 0.29) is 43.9 Å². The fourth-order valence-corrected chi connectivity index (χ4v) is 5.19. The van der Waals surface area contributed by atoms with E-state index < -0.39 is 4.82 Å². The zero-order valence-corrected chi connectivity index (χ0v) is 13.8. The predicted molar refractivity (Wildman–Crippen MR) is 74.6 cm³/mol. The van der Waals surface area contributed by atoms with E-state index in [0.717, 1.165) is 12.8 Å². The Morgan fingerprint density at radius 3 is 2.60 bits per heavy atom. The van der Waals surface area contributed by atoms with E-state index in [0.29, 0.717) is 26.1 Å². The van der Waals surface area contributed by atoms with Crippen molar-refractivity contribution in [3.05, 3.63) is 0 Å². The van der Waals surface area contributed by atoms with Crippen LogP contribution in [0.4, 0.5) is 0 Å². The normalized spacial score (nSPS) is 20.3. The van der Waals surface area contributed by atoms with Gasteiger partial charge in [-0.1, -0.05) is 0 Å². The fourth-order valence-electron chi connectivity index (χ4n) is 2.13. The first kappa shape index (κ1) is 17.2. The van der Waals surface area contributed by atoms with Gasteiger partial charge in [0, 0.05) is 0 Å². The van der Waals surface area contributed by atoms with E-state index >= 15 is 0 Å². The zero-order valence-electron chi connectivity index (χ0n) is 12.1. The summed E-state index contributed by atoms with van der Waals surface area (Å²) in [6.45, 7) is 4.10. The Morgan fingerprint density at radius 2 is 2.00 bits per heavy atom. The van der Waals surface area contributed by atoms with E-state index in [1.165, 1.54) is 0 Å². The summed E-state index contributed by atoms with van der Waals surface area (Å²) in [7, 11) is 0. The molecule has 0 aliphatic heterocycles. The molecule has 0 N–H and O–H groups in total. The number of carbonyl (C=O) groups is 3. The van der Waals surface area contributed by atoms with Gasteiger partial charge in [0.05, 0.1) is 0 Å². The predicted octanol–water partition coefficient (Wildman–Crippen LogP) is 1.93. The maximum atomic E-state index is 11.9. The maximum absolute atomic E-state index is 11.9. The van der Waals surface area contributed by atoms with Crippen molar-refractivity contribution in [2.24, 2.45) is 0 Å². The molecule has 0 aromatic carbocycles. The van der Waals surface area contributed by atoms with Gasteiger partial charge in [-0.25, -0.2) is 0 Å². The Kier molecular flexibility index (Phi) is 7.85. The summed E-state index contributed by atoms with van der Waals surface area (Å²) in [6.07, 6.45) is 3.11. The Bertz CT molecular complexity index is 355. The topological polar surface area (TPSA) is 69.7 Å². The van der Waals surface area contributed by atoms with Crippen molar-refractivity contribution in [2.75, 3.05) is 13.2 Å². The van der Waals surface area contributed by atoms with Gasteiger partial charge in [0.25, 0.3) is 0 Å². The first-order chi connectivity index (χ1) is 9.56. The van der Waals surface area contributed by atoms with Crippen LogP contribution < -0.4 is 0 Å². The molecule has 0 radical (unpaired) electrons. The summed E-state index contributed by atoms with van der Waals surface area (Å²) < 4.78 is 9.94. The zero-order chi connectivity index (χ0) is 15.0. The molecule has 0 heterocycles. The van der Waals surface area contributed by atoms with E-state index in [1.54, 1.807) is 13.8 Å². The van der Waals surface area contributed by atoms with Crippen LogP contribution in [0.2, 0.25) is 9.63 Å². The number of hydrogen-bond donors (Lipinski definition) is 0. The van der Waals surface area contributed by atoms with E-state index in [9.17, 15) is 14.4 Å². The van der Waals surface area contributed by atoms with Gasteiger partial charge in [-0.15, -0.1) is 0 Å². The van der Waals surface area contributed by atoms with Crippen LogP contribution in [0.1, 0.15) is 46.0 Å². The van der Waals surface area contributed by atoms with E-state index in [4.69, 9.17) is 9.47 Å². The molecule has 6 heteroatoms. The monoisotopic (exact) mass is 350 g/mol. The van der Waals surface area contributed by atoms with Crippen LogP contribution in [-0.2, 0) is 23.9 Å². The average Bonchev–Trinajstić information content (AvgIpc) is 2.38. The Hall–Kier alpha value is -0.871. The molecule has 1 aliphatic carbocycles. The summed E-state index contributed by atoms with van der Waals surface area (Å²) in [5, 5.41) is 0. The van der Waals surface area contributed by atoms with Crippen molar-refractivity contribution in [1.82, 2.24) is 0 Å². The molecule has 20 heavy (non-hydrogen) atoms. The summed E-state index contributed by atoms with van der Waals surface area (Å²) in [4.78, 5) is 34.8. The van der Waals surface area contributed by atoms with Gasteiger partial charge in [-0.05, 0) is 0 Å². The van der Waals surface area contributed by atoms with Crippen molar-refractivity contribution in [3.63, 3.8) is 0 Å². The van der Waals surface area contributed by atoms with Gasteiger partial charge in [0.15, 0.2) is 0 Å². The molecule has 1 fully saturated rings. The summed E-state index contributed by atoms with van der Waals surface area (Å²) in [6, 6.07) is 0. The number of ether oxygens (including phenoxy) is 2. The standard InChI is InChI=1S/C14H22O5Se/c1-3-18-13(16)9-12(14(17)19-4-2)20-11-7-5-6-10(15)8-11/h11-12H,3-9H2,1-2H3. The van der Waals surface area contributed by atoms with Crippen LogP contribution in [0.3, 0.4) is 0 Å². The van der Waals surface area contributed by atoms with Crippen LogP contribution >= 0.6 is 0 Å². The molecule has 0 aromatic heterocycles. The van der Waals surface area contributed by atoms with Crippen molar-refractivity contribution < 1.29 is 23.9 Å². The summed E-state index contributed by atoms with van der Waals surface area (Å²) >= 11 is -0.102. The molecule has 0 aromatic rings. The van der Waals surface area contributed by atoms with E-state index in [2.05, 4.69) is 0 Å². The van der Waals surface area contributed by atoms with Crippen LogP contribution in [0.15, 0.2) is 0 Å². The van der Waals surface area contributed by atoms with Gasteiger partial charge in [-0.3, -0.25) is 0 Å². The molecule has 2 atom stereocenters. The Morgan fingerprint density at radius 1 is 1.30 bits per heavy atom. The van der Waals surface area contributed by atoms with Gasteiger partial charge >= 0.3 is 125 Å². The average molecular weight is 349 g/mol. The molecule has 1 saturated carbocycles. The van der Waals surface area contributed by atoms with Crippen molar-refractivity contribution in [3.8, 4) is 0 Å². The first-order valence-corrected chi connectivity index (χ1v) is 9.04. The van der Waals surface area contributed by atoms with Crippen molar-refractivity contribution in [1.29, 1.82) is 0 Å². The number of Topliss-reactive ketones (excluding diaryl/α,β-unsaturated/α-hetero) is 1. The van der Waals surface area contributed by atoms with Crippen LogP contribution in [-0.4, -0.2) is 45.9 Å². The molecule has 114 valence electrons. The molecule has 2 unspecified atom stereocenters. The second kappa shape index (κ2) is 9.14. The number of hydrogen-bond acceptors (Lipinski definition) is 5. The third-order valence-electron chi connectivity index (χ3n) is 3.00. The fraction of sp³-hybridized carbons (Fsp3) is 0.786. The molecule has 0 spiro atoms. The van der Waals surface area contributed by atoms with Crippen LogP contribution in [0, 0.1) is 0 Å². The van der Waals surface area contributed by atoms with Gasteiger partial charge in [-0.2, -0.15) is 0 Å². The van der Waals surface area contributed by atoms with E-state index in [1.807, 2.05) is 0 Å². The molecular weight excluding hydrogens is 327 g/mol. The molecule has 1 aliphatic rings. The molecule has 0 bridgehead atoms. The van der Waals surface area contributed by atoms with Crippen molar-refractivity contribution >= 4 is 32.7 Å². The molecule has 0 amide bonds. The third kappa shape index (κ3) is 6.05. The Labute approximate surface area is 125 Å². The second-order valence-electron chi connectivity index (χ2n) is 4.64.